The van der Waals surface area contributed by atoms with E-state index in [1.807, 2.05) is 12.1 Å². The molecule has 1 aromatic heterocycles. The summed E-state index contributed by atoms with van der Waals surface area (Å²) in [7, 11) is 0. The van der Waals surface area contributed by atoms with Gasteiger partial charge in [-0.05, 0) is 18.6 Å². The van der Waals surface area contributed by atoms with Crippen molar-refractivity contribution in [3.8, 4) is 0 Å². The third-order valence-corrected chi connectivity index (χ3v) is 2.82. The Labute approximate surface area is 89.1 Å². The van der Waals surface area contributed by atoms with E-state index in [2.05, 4.69) is 11.9 Å². The molecule has 0 atom stereocenters. The molecule has 0 radical (unpaired) electrons. The van der Waals surface area contributed by atoms with Crippen molar-refractivity contribution in [2.24, 2.45) is 0 Å². The molecule has 3 heteroatoms. The smallest absolute Gasteiger partial charge is 0.237 e. The van der Waals surface area contributed by atoms with Gasteiger partial charge in [0, 0.05) is 11.9 Å². The summed E-state index contributed by atoms with van der Waals surface area (Å²) in [6, 6.07) is 5.42. The van der Waals surface area contributed by atoms with Crippen LogP contribution in [0.4, 0.5) is 0 Å². The Hall–Kier alpha value is -0.830. The first kappa shape index (κ1) is 11.2. The highest BCUT2D eigenvalue weighted by Crippen LogP contribution is 2.12. The van der Waals surface area contributed by atoms with Gasteiger partial charge < -0.3 is 0 Å². The summed E-state index contributed by atoms with van der Waals surface area (Å²) in [5, 5.41) is 0.0849. The fraction of sp³-hybridized carbons (Fsp3) is 0.455. The number of carbonyl (C=O) groups is 1. The van der Waals surface area contributed by atoms with Crippen LogP contribution in [0, 0.1) is 0 Å². The summed E-state index contributed by atoms with van der Waals surface area (Å²) in [6.45, 7) is 2.16. The highest BCUT2D eigenvalue weighted by atomic mass is 32.2. The van der Waals surface area contributed by atoms with Gasteiger partial charge in [-0.3, -0.25) is 9.78 Å². The highest BCUT2D eigenvalue weighted by molar-refractivity contribution is 8.14. The van der Waals surface area contributed by atoms with Gasteiger partial charge in [-0.25, -0.2) is 0 Å². The molecule has 1 rings (SSSR count). The minimum absolute atomic E-state index is 0.0849. The zero-order valence-electron chi connectivity index (χ0n) is 8.40. The number of rotatable bonds is 5. The maximum atomic E-state index is 11.5. The Morgan fingerprint density at radius 1 is 1.43 bits per heavy atom. The average molecular weight is 209 g/mol. The van der Waals surface area contributed by atoms with Gasteiger partial charge in [-0.2, -0.15) is 0 Å². The SMILES string of the molecule is CCCCCSC(=O)c1ccccn1. The predicted octanol–water partition coefficient (Wildman–Crippen LogP) is 3.15. The summed E-state index contributed by atoms with van der Waals surface area (Å²) >= 11 is 1.37. The molecule has 0 N–H and O–H groups in total. The van der Waals surface area contributed by atoms with E-state index >= 15 is 0 Å². The summed E-state index contributed by atoms with van der Waals surface area (Å²) in [5.41, 5.74) is 0.564. The molecule has 0 saturated heterocycles. The van der Waals surface area contributed by atoms with Crippen LogP contribution in [0.5, 0.6) is 0 Å². The summed E-state index contributed by atoms with van der Waals surface area (Å²) in [5.74, 6) is 0.906. The highest BCUT2D eigenvalue weighted by Gasteiger charge is 2.05. The molecular weight excluding hydrogens is 194 g/mol. The fourth-order valence-electron chi connectivity index (χ4n) is 1.07. The minimum atomic E-state index is 0.0849. The molecule has 0 bridgehead atoms. The zero-order valence-corrected chi connectivity index (χ0v) is 9.22. The van der Waals surface area contributed by atoms with E-state index in [9.17, 15) is 4.79 Å². The molecule has 1 aromatic rings. The first-order valence-electron chi connectivity index (χ1n) is 4.92. The Morgan fingerprint density at radius 2 is 2.29 bits per heavy atom. The second-order valence-electron chi connectivity index (χ2n) is 3.06. The van der Waals surface area contributed by atoms with E-state index in [4.69, 9.17) is 0 Å². The third-order valence-electron chi connectivity index (χ3n) is 1.86. The van der Waals surface area contributed by atoms with Crippen LogP contribution >= 0.6 is 11.8 Å². The van der Waals surface area contributed by atoms with Crippen LogP contribution in [0.15, 0.2) is 24.4 Å². The number of pyridine rings is 1. The van der Waals surface area contributed by atoms with E-state index < -0.39 is 0 Å². The number of aromatic nitrogens is 1. The van der Waals surface area contributed by atoms with Crippen LogP contribution in [-0.4, -0.2) is 15.9 Å². The van der Waals surface area contributed by atoms with Crippen LogP contribution in [-0.2, 0) is 0 Å². The molecule has 1 heterocycles. The van der Waals surface area contributed by atoms with Crippen LogP contribution in [0.3, 0.4) is 0 Å². The Morgan fingerprint density at radius 3 is 2.93 bits per heavy atom. The van der Waals surface area contributed by atoms with Crippen LogP contribution in [0.25, 0.3) is 0 Å². The number of nitrogens with zero attached hydrogens (tertiary/aromatic N) is 1. The molecule has 0 unspecified atom stereocenters. The van der Waals surface area contributed by atoms with Gasteiger partial charge in [0.1, 0.15) is 5.69 Å². The molecule has 76 valence electrons. The van der Waals surface area contributed by atoms with Crippen molar-refractivity contribution in [3.05, 3.63) is 30.1 Å². The van der Waals surface area contributed by atoms with Crippen molar-refractivity contribution >= 4 is 16.9 Å². The molecule has 0 aromatic carbocycles. The normalized spacial score (nSPS) is 10.1. The maximum Gasteiger partial charge on any atom is 0.237 e. The van der Waals surface area contributed by atoms with E-state index in [0.29, 0.717) is 5.69 Å². The molecule has 0 aliphatic carbocycles. The molecule has 14 heavy (non-hydrogen) atoms. The van der Waals surface area contributed by atoms with E-state index in [-0.39, 0.29) is 5.12 Å². The maximum absolute atomic E-state index is 11.5. The van der Waals surface area contributed by atoms with Gasteiger partial charge >= 0.3 is 0 Å². The lowest BCUT2D eigenvalue weighted by molar-refractivity contribution is 0.108. The van der Waals surface area contributed by atoms with Crippen molar-refractivity contribution in [1.29, 1.82) is 0 Å². The van der Waals surface area contributed by atoms with E-state index in [0.717, 1.165) is 12.2 Å². The van der Waals surface area contributed by atoms with Crippen molar-refractivity contribution in [1.82, 2.24) is 4.98 Å². The zero-order chi connectivity index (χ0) is 10.2. The van der Waals surface area contributed by atoms with Crippen LogP contribution in [0.2, 0.25) is 0 Å². The molecule has 2 nitrogen and oxygen atoms in total. The van der Waals surface area contributed by atoms with Crippen molar-refractivity contribution in [3.63, 3.8) is 0 Å². The second-order valence-corrected chi connectivity index (χ2v) is 4.13. The van der Waals surface area contributed by atoms with Crippen LogP contribution in [0.1, 0.15) is 36.7 Å². The van der Waals surface area contributed by atoms with Gasteiger partial charge in [0.15, 0.2) is 0 Å². The Balaban J connectivity index is 2.29. The second kappa shape index (κ2) is 6.60. The predicted molar refractivity (Wildman–Crippen MR) is 60.6 cm³/mol. The molecule has 0 spiro atoms. The summed E-state index contributed by atoms with van der Waals surface area (Å²) in [4.78, 5) is 15.5. The van der Waals surface area contributed by atoms with Gasteiger partial charge in [0.25, 0.3) is 0 Å². The van der Waals surface area contributed by atoms with Crippen molar-refractivity contribution in [2.75, 3.05) is 5.75 Å². The number of unbranched alkanes of at least 4 members (excludes halogenated alkanes) is 2. The first-order valence-corrected chi connectivity index (χ1v) is 5.91. The first-order chi connectivity index (χ1) is 6.84. The Bertz CT molecular complexity index is 274. The lowest BCUT2D eigenvalue weighted by atomic mass is 10.3. The Kier molecular flexibility index (Phi) is 5.30. The fourth-order valence-corrected chi connectivity index (χ4v) is 1.88. The summed E-state index contributed by atoms with van der Waals surface area (Å²) in [6.07, 6.45) is 5.15. The van der Waals surface area contributed by atoms with Gasteiger partial charge in [0.2, 0.25) is 5.12 Å². The molecule has 0 fully saturated rings. The number of hydrogen-bond acceptors (Lipinski definition) is 3. The molecule has 0 aliphatic heterocycles. The number of hydrogen-bond donors (Lipinski definition) is 0. The van der Waals surface area contributed by atoms with E-state index in [1.165, 1.54) is 24.6 Å². The topological polar surface area (TPSA) is 30.0 Å². The molecular formula is C11H15NOS. The minimum Gasteiger partial charge on any atom is -0.280 e. The average Bonchev–Trinajstić information content (AvgIpc) is 2.25. The molecule has 0 amide bonds. The largest absolute Gasteiger partial charge is 0.280 e. The van der Waals surface area contributed by atoms with Gasteiger partial charge in [-0.1, -0.05) is 37.6 Å². The van der Waals surface area contributed by atoms with Crippen molar-refractivity contribution < 1.29 is 4.79 Å². The lowest BCUT2D eigenvalue weighted by Crippen LogP contribution is -1.97. The molecule has 0 saturated carbocycles. The monoisotopic (exact) mass is 209 g/mol. The van der Waals surface area contributed by atoms with Crippen LogP contribution < -0.4 is 0 Å². The van der Waals surface area contributed by atoms with Gasteiger partial charge in [-0.15, -0.1) is 0 Å². The van der Waals surface area contributed by atoms with Crippen molar-refractivity contribution in [2.45, 2.75) is 26.2 Å². The lowest BCUT2D eigenvalue weighted by Gasteiger charge is -1.98. The quantitative estimate of drug-likeness (QED) is 0.698. The number of carbonyl (C=O) groups excluding carboxylic acids is 1. The standard InChI is InChI=1S/C11H15NOS/c1-2-3-6-9-14-11(13)10-7-4-5-8-12-10/h4-5,7-8H,2-3,6,9H2,1H3. The van der Waals surface area contributed by atoms with E-state index in [1.54, 1.807) is 12.3 Å². The molecule has 0 aliphatic rings. The summed E-state index contributed by atoms with van der Waals surface area (Å²) < 4.78 is 0. The third kappa shape index (κ3) is 3.92. The number of thioether (sulfide) groups is 1. The van der Waals surface area contributed by atoms with Gasteiger partial charge in [0.05, 0.1) is 0 Å².